The minimum absolute atomic E-state index is 0.0129. The van der Waals surface area contributed by atoms with Crippen LogP contribution >= 0.6 is 12.6 Å². The average molecular weight is 293 g/mol. The molecule has 0 spiro atoms. The average Bonchev–Trinajstić information content (AvgIpc) is 2.93. The van der Waals surface area contributed by atoms with E-state index >= 15 is 0 Å². The van der Waals surface area contributed by atoms with Gasteiger partial charge in [-0.2, -0.15) is 12.6 Å². The van der Waals surface area contributed by atoms with Gasteiger partial charge in [0.2, 0.25) is 5.91 Å². The fourth-order valence-electron chi connectivity index (χ4n) is 2.66. The molecule has 0 aliphatic carbocycles. The predicted octanol–water partition coefficient (Wildman–Crippen LogP) is 2.46. The van der Waals surface area contributed by atoms with E-state index in [0.29, 0.717) is 25.0 Å². The van der Waals surface area contributed by atoms with Gasteiger partial charge in [-0.1, -0.05) is 37.3 Å². The lowest BCUT2D eigenvalue weighted by Gasteiger charge is -2.18. The van der Waals surface area contributed by atoms with Crippen LogP contribution < -0.4 is 5.32 Å². The summed E-state index contributed by atoms with van der Waals surface area (Å²) >= 11 is 4.42. The SMILES string of the molecule is CCC1OCCC1CNC(=O)C(S)Cc1ccccc1. The van der Waals surface area contributed by atoms with Gasteiger partial charge in [-0.05, 0) is 24.8 Å². The minimum Gasteiger partial charge on any atom is -0.378 e. The zero-order valence-corrected chi connectivity index (χ0v) is 12.8. The van der Waals surface area contributed by atoms with Crippen molar-refractivity contribution in [1.82, 2.24) is 5.32 Å². The molecule has 2 rings (SSSR count). The molecule has 3 atom stereocenters. The maximum atomic E-state index is 12.1. The van der Waals surface area contributed by atoms with Crippen LogP contribution in [0.15, 0.2) is 30.3 Å². The Morgan fingerprint density at radius 1 is 1.45 bits per heavy atom. The van der Waals surface area contributed by atoms with E-state index in [0.717, 1.165) is 25.0 Å². The quantitative estimate of drug-likeness (QED) is 0.791. The predicted molar refractivity (Wildman–Crippen MR) is 84.1 cm³/mol. The number of hydrogen-bond acceptors (Lipinski definition) is 3. The minimum atomic E-state index is -0.292. The molecule has 1 aliphatic rings. The van der Waals surface area contributed by atoms with E-state index in [1.165, 1.54) is 0 Å². The van der Waals surface area contributed by atoms with Crippen molar-refractivity contribution in [2.75, 3.05) is 13.2 Å². The summed E-state index contributed by atoms with van der Waals surface area (Å²) in [6.45, 7) is 3.64. The second kappa shape index (κ2) is 7.70. The Bertz CT molecular complexity index is 424. The molecule has 1 heterocycles. The molecule has 1 aromatic rings. The Morgan fingerprint density at radius 2 is 2.20 bits per heavy atom. The molecule has 4 heteroatoms. The molecule has 0 bridgehead atoms. The van der Waals surface area contributed by atoms with E-state index in [1.54, 1.807) is 0 Å². The van der Waals surface area contributed by atoms with Gasteiger partial charge in [-0.3, -0.25) is 4.79 Å². The lowest BCUT2D eigenvalue weighted by molar-refractivity contribution is -0.120. The van der Waals surface area contributed by atoms with Gasteiger partial charge in [-0.25, -0.2) is 0 Å². The first-order chi connectivity index (χ1) is 9.70. The molecule has 1 amide bonds. The Kier molecular flexibility index (Phi) is 5.92. The first-order valence-corrected chi connectivity index (χ1v) is 7.83. The van der Waals surface area contributed by atoms with Crippen LogP contribution in [-0.4, -0.2) is 30.4 Å². The van der Waals surface area contributed by atoms with Crippen LogP contribution in [0.3, 0.4) is 0 Å². The fraction of sp³-hybridized carbons (Fsp3) is 0.562. The number of hydrogen-bond donors (Lipinski definition) is 2. The van der Waals surface area contributed by atoms with Crippen LogP contribution in [0.4, 0.5) is 0 Å². The summed E-state index contributed by atoms with van der Waals surface area (Å²) in [4.78, 5) is 12.1. The van der Waals surface area contributed by atoms with Crippen molar-refractivity contribution in [3.63, 3.8) is 0 Å². The third kappa shape index (κ3) is 4.25. The first kappa shape index (κ1) is 15.4. The lowest BCUT2D eigenvalue weighted by Crippen LogP contribution is -2.37. The number of carbonyl (C=O) groups excluding carboxylic acids is 1. The Morgan fingerprint density at radius 3 is 2.90 bits per heavy atom. The van der Waals surface area contributed by atoms with Crippen molar-refractivity contribution in [2.45, 2.75) is 37.5 Å². The number of amides is 1. The van der Waals surface area contributed by atoms with Crippen LogP contribution in [0.5, 0.6) is 0 Å². The monoisotopic (exact) mass is 293 g/mol. The summed E-state index contributed by atoms with van der Waals surface area (Å²) in [6.07, 6.45) is 3.00. The highest BCUT2D eigenvalue weighted by atomic mass is 32.1. The number of benzene rings is 1. The summed E-state index contributed by atoms with van der Waals surface area (Å²) in [6, 6.07) is 9.98. The molecule has 0 radical (unpaired) electrons. The summed E-state index contributed by atoms with van der Waals surface area (Å²) in [7, 11) is 0. The number of thiol groups is 1. The largest absolute Gasteiger partial charge is 0.378 e. The maximum absolute atomic E-state index is 12.1. The normalized spacial score (nSPS) is 23.5. The van der Waals surface area contributed by atoms with Crippen LogP contribution in [-0.2, 0) is 16.0 Å². The third-order valence-corrected chi connectivity index (χ3v) is 4.28. The molecule has 3 nitrogen and oxygen atoms in total. The van der Waals surface area contributed by atoms with Crippen LogP contribution in [0, 0.1) is 5.92 Å². The molecule has 0 saturated carbocycles. The molecule has 3 unspecified atom stereocenters. The van der Waals surface area contributed by atoms with Gasteiger partial charge in [0.25, 0.3) is 0 Å². The zero-order chi connectivity index (χ0) is 14.4. The zero-order valence-electron chi connectivity index (χ0n) is 11.9. The summed E-state index contributed by atoms with van der Waals surface area (Å²) in [5, 5.41) is 2.72. The van der Waals surface area contributed by atoms with Crippen molar-refractivity contribution in [3.8, 4) is 0 Å². The standard InChI is InChI=1S/C16H23NO2S/c1-2-14-13(8-9-19-14)11-17-16(18)15(20)10-12-6-4-3-5-7-12/h3-7,13-15,20H,2,8-11H2,1H3,(H,17,18). The van der Waals surface area contributed by atoms with E-state index in [9.17, 15) is 4.79 Å². The van der Waals surface area contributed by atoms with Crippen molar-refractivity contribution < 1.29 is 9.53 Å². The summed E-state index contributed by atoms with van der Waals surface area (Å²) < 4.78 is 5.63. The van der Waals surface area contributed by atoms with Crippen LogP contribution in [0.2, 0.25) is 0 Å². The molecule has 20 heavy (non-hydrogen) atoms. The van der Waals surface area contributed by atoms with Crippen molar-refractivity contribution in [3.05, 3.63) is 35.9 Å². The second-order valence-electron chi connectivity index (χ2n) is 5.32. The van der Waals surface area contributed by atoms with Gasteiger partial charge in [0.1, 0.15) is 0 Å². The molecule has 110 valence electrons. The lowest BCUT2D eigenvalue weighted by atomic mass is 9.99. The molecule has 1 N–H and O–H groups in total. The van der Waals surface area contributed by atoms with Crippen molar-refractivity contribution in [1.29, 1.82) is 0 Å². The molecular formula is C16H23NO2S. The van der Waals surface area contributed by atoms with Gasteiger partial charge in [0.05, 0.1) is 11.4 Å². The molecule has 1 aliphatic heterocycles. The van der Waals surface area contributed by atoms with Crippen LogP contribution in [0.25, 0.3) is 0 Å². The molecule has 1 saturated heterocycles. The topological polar surface area (TPSA) is 38.3 Å². The maximum Gasteiger partial charge on any atom is 0.233 e. The third-order valence-electron chi connectivity index (χ3n) is 3.86. The van der Waals surface area contributed by atoms with Gasteiger partial charge in [0, 0.05) is 19.1 Å². The fourth-order valence-corrected chi connectivity index (χ4v) is 2.96. The highest BCUT2D eigenvalue weighted by Gasteiger charge is 2.27. The number of nitrogens with one attached hydrogen (secondary N) is 1. The van der Waals surface area contributed by atoms with Gasteiger partial charge in [0.15, 0.2) is 0 Å². The highest BCUT2D eigenvalue weighted by Crippen LogP contribution is 2.22. The van der Waals surface area contributed by atoms with Gasteiger partial charge >= 0.3 is 0 Å². The van der Waals surface area contributed by atoms with E-state index in [4.69, 9.17) is 4.74 Å². The smallest absolute Gasteiger partial charge is 0.233 e. The van der Waals surface area contributed by atoms with E-state index in [-0.39, 0.29) is 11.2 Å². The molecule has 1 aromatic carbocycles. The Balaban J connectivity index is 1.77. The van der Waals surface area contributed by atoms with E-state index in [1.807, 2.05) is 30.3 Å². The molecule has 1 fully saturated rings. The number of rotatable bonds is 6. The summed E-state index contributed by atoms with van der Waals surface area (Å²) in [5.74, 6) is 0.458. The summed E-state index contributed by atoms with van der Waals surface area (Å²) in [5.41, 5.74) is 1.14. The molecule has 0 aromatic heterocycles. The van der Waals surface area contributed by atoms with E-state index in [2.05, 4.69) is 24.9 Å². The Labute approximate surface area is 126 Å². The van der Waals surface area contributed by atoms with Crippen molar-refractivity contribution in [2.24, 2.45) is 5.92 Å². The second-order valence-corrected chi connectivity index (χ2v) is 5.94. The first-order valence-electron chi connectivity index (χ1n) is 7.32. The van der Waals surface area contributed by atoms with E-state index < -0.39 is 0 Å². The number of ether oxygens (including phenoxy) is 1. The van der Waals surface area contributed by atoms with Crippen LogP contribution in [0.1, 0.15) is 25.3 Å². The Hall–Kier alpha value is -1.00. The van der Waals surface area contributed by atoms with Crippen molar-refractivity contribution >= 4 is 18.5 Å². The highest BCUT2D eigenvalue weighted by molar-refractivity contribution is 7.81. The van der Waals surface area contributed by atoms with Gasteiger partial charge in [-0.15, -0.1) is 0 Å². The van der Waals surface area contributed by atoms with Gasteiger partial charge < -0.3 is 10.1 Å². The number of carbonyl (C=O) groups is 1. The molecular weight excluding hydrogens is 270 g/mol.